The van der Waals surface area contributed by atoms with E-state index in [-0.39, 0.29) is 12.0 Å². The van der Waals surface area contributed by atoms with Crippen LogP contribution in [0.1, 0.15) is 28.8 Å². The molecule has 3 nitrogen and oxygen atoms in total. The molecule has 0 spiro atoms. The lowest BCUT2D eigenvalue weighted by Crippen LogP contribution is -2.42. The number of piperidine rings is 1. The number of amides is 1. The van der Waals surface area contributed by atoms with Crippen LogP contribution in [0.4, 0.5) is 0 Å². The number of hydrogen-bond donors (Lipinski definition) is 1. The highest BCUT2D eigenvalue weighted by Gasteiger charge is 2.22. The fourth-order valence-corrected chi connectivity index (χ4v) is 2.43. The molecule has 1 atom stereocenters. The molecule has 4 heteroatoms. The van der Waals surface area contributed by atoms with Crippen molar-refractivity contribution in [3.63, 3.8) is 0 Å². The summed E-state index contributed by atoms with van der Waals surface area (Å²) in [6.45, 7) is 1.20. The predicted octanol–water partition coefficient (Wildman–Crippen LogP) is 2.18. The zero-order chi connectivity index (χ0) is 12.3. The maximum Gasteiger partial charge on any atom is 0.253 e. The van der Waals surface area contributed by atoms with Crippen molar-refractivity contribution in [2.45, 2.75) is 24.3 Å². The molecule has 1 heterocycles. The number of carbonyl (C=O) groups excluding carboxylic acids is 1. The minimum absolute atomic E-state index is 0.0184. The molecule has 1 aliphatic rings. The van der Waals surface area contributed by atoms with Gasteiger partial charge in [-0.2, -0.15) is 0 Å². The van der Waals surface area contributed by atoms with Crippen LogP contribution in [0.25, 0.3) is 0 Å². The Morgan fingerprint density at radius 2 is 2.12 bits per heavy atom. The van der Waals surface area contributed by atoms with Crippen LogP contribution in [0.3, 0.4) is 0 Å². The second-order valence-corrected chi connectivity index (χ2v) is 4.94. The summed E-state index contributed by atoms with van der Waals surface area (Å²) in [5.41, 5.74) is 1.85. The summed E-state index contributed by atoms with van der Waals surface area (Å²) in [6, 6.07) is 7.59. The van der Waals surface area contributed by atoms with Gasteiger partial charge in [0.1, 0.15) is 0 Å². The summed E-state index contributed by atoms with van der Waals surface area (Å²) in [6.07, 6.45) is 1.31. The van der Waals surface area contributed by atoms with E-state index < -0.39 is 0 Å². The van der Waals surface area contributed by atoms with Crippen molar-refractivity contribution in [2.24, 2.45) is 0 Å². The quantitative estimate of drug-likeness (QED) is 0.850. The Morgan fingerprint density at radius 3 is 2.71 bits per heavy atom. The molecule has 0 aliphatic carbocycles. The summed E-state index contributed by atoms with van der Waals surface area (Å²) in [5.74, 6) is 0.0184. The molecule has 1 aliphatic heterocycles. The largest absolute Gasteiger partial charge is 0.391 e. The Kier molecular flexibility index (Phi) is 4.18. The number of likely N-dealkylation sites (tertiary alicyclic amines) is 1. The van der Waals surface area contributed by atoms with Crippen molar-refractivity contribution in [1.82, 2.24) is 4.90 Å². The van der Waals surface area contributed by atoms with E-state index in [1.54, 1.807) is 4.90 Å². The standard InChI is InChI=1S/C13H16BrNO2/c14-8-10-3-5-11(6-4-10)13(17)15-7-1-2-12(16)9-15/h3-6,12,16H,1-2,7-9H2. The zero-order valence-electron chi connectivity index (χ0n) is 9.60. The van der Waals surface area contributed by atoms with Gasteiger partial charge in [0.05, 0.1) is 6.10 Å². The molecular weight excluding hydrogens is 282 g/mol. The van der Waals surface area contributed by atoms with Crippen LogP contribution in [0.5, 0.6) is 0 Å². The molecule has 1 aromatic rings. The summed E-state index contributed by atoms with van der Waals surface area (Å²) >= 11 is 3.38. The van der Waals surface area contributed by atoms with Crippen LogP contribution in [0, 0.1) is 0 Å². The number of alkyl halides is 1. The molecule has 1 fully saturated rings. The molecule has 0 radical (unpaired) electrons. The zero-order valence-corrected chi connectivity index (χ0v) is 11.2. The molecule has 2 rings (SSSR count). The maximum atomic E-state index is 12.1. The van der Waals surface area contributed by atoms with Crippen molar-refractivity contribution >= 4 is 21.8 Å². The number of aliphatic hydroxyl groups excluding tert-OH is 1. The first-order valence-corrected chi connectivity index (χ1v) is 6.95. The Bertz CT molecular complexity index is 391. The first-order chi connectivity index (χ1) is 8.20. The average molecular weight is 298 g/mol. The second-order valence-electron chi connectivity index (χ2n) is 4.38. The molecule has 1 unspecified atom stereocenters. The molecule has 1 amide bonds. The monoisotopic (exact) mass is 297 g/mol. The SMILES string of the molecule is O=C(c1ccc(CBr)cc1)N1CCCC(O)C1. The number of carbonyl (C=O) groups is 1. The minimum Gasteiger partial charge on any atom is -0.391 e. The van der Waals surface area contributed by atoms with Gasteiger partial charge in [-0.25, -0.2) is 0 Å². The van der Waals surface area contributed by atoms with E-state index in [0.717, 1.165) is 30.3 Å². The molecule has 0 saturated carbocycles. The minimum atomic E-state index is -0.366. The van der Waals surface area contributed by atoms with Crippen LogP contribution in [-0.2, 0) is 5.33 Å². The van der Waals surface area contributed by atoms with Gasteiger partial charge in [0.25, 0.3) is 5.91 Å². The van der Waals surface area contributed by atoms with Gasteiger partial charge >= 0.3 is 0 Å². The van der Waals surface area contributed by atoms with Gasteiger partial charge in [-0.1, -0.05) is 28.1 Å². The molecule has 17 heavy (non-hydrogen) atoms. The third-order valence-corrected chi connectivity index (χ3v) is 3.69. The van der Waals surface area contributed by atoms with Crippen LogP contribution in [0.15, 0.2) is 24.3 Å². The van der Waals surface area contributed by atoms with E-state index in [1.807, 2.05) is 24.3 Å². The lowest BCUT2D eigenvalue weighted by molar-refractivity contribution is 0.0474. The van der Waals surface area contributed by atoms with Crippen LogP contribution < -0.4 is 0 Å². The number of β-amino-alcohol motifs (C(OH)–C–C–N with tert-alkyl or cyclic N) is 1. The van der Waals surface area contributed by atoms with Crippen molar-refractivity contribution in [3.05, 3.63) is 35.4 Å². The number of hydrogen-bond acceptors (Lipinski definition) is 2. The summed E-state index contributed by atoms with van der Waals surface area (Å²) in [7, 11) is 0. The molecule has 1 N–H and O–H groups in total. The topological polar surface area (TPSA) is 40.5 Å². The van der Waals surface area contributed by atoms with Crippen molar-refractivity contribution < 1.29 is 9.90 Å². The Hall–Kier alpha value is -0.870. The highest BCUT2D eigenvalue weighted by Crippen LogP contribution is 2.15. The van der Waals surface area contributed by atoms with E-state index in [2.05, 4.69) is 15.9 Å². The second kappa shape index (κ2) is 5.65. The third-order valence-electron chi connectivity index (χ3n) is 3.04. The molecule has 92 valence electrons. The van der Waals surface area contributed by atoms with Crippen LogP contribution >= 0.6 is 15.9 Å². The van der Waals surface area contributed by atoms with E-state index in [9.17, 15) is 9.90 Å². The number of aliphatic hydroxyl groups is 1. The predicted molar refractivity (Wildman–Crippen MR) is 70.2 cm³/mol. The molecule has 1 saturated heterocycles. The van der Waals surface area contributed by atoms with Crippen LogP contribution in [-0.4, -0.2) is 35.1 Å². The highest BCUT2D eigenvalue weighted by atomic mass is 79.9. The third kappa shape index (κ3) is 3.07. The van der Waals surface area contributed by atoms with Crippen molar-refractivity contribution in [2.75, 3.05) is 13.1 Å². The molecule has 1 aromatic carbocycles. The normalized spacial score (nSPS) is 20.4. The van der Waals surface area contributed by atoms with Gasteiger partial charge in [0.2, 0.25) is 0 Å². The van der Waals surface area contributed by atoms with E-state index >= 15 is 0 Å². The molecule has 0 aromatic heterocycles. The summed E-state index contributed by atoms with van der Waals surface area (Å²) in [4.78, 5) is 13.9. The van der Waals surface area contributed by atoms with E-state index in [0.29, 0.717) is 12.1 Å². The number of benzene rings is 1. The first-order valence-electron chi connectivity index (χ1n) is 5.83. The number of nitrogens with zero attached hydrogens (tertiary/aromatic N) is 1. The molecular formula is C13H16BrNO2. The van der Waals surface area contributed by atoms with Crippen molar-refractivity contribution in [3.8, 4) is 0 Å². The van der Waals surface area contributed by atoms with E-state index in [4.69, 9.17) is 0 Å². The summed E-state index contributed by atoms with van der Waals surface area (Å²) < 4.78 is 0. The fraction of sp³-hybridized carbons (Fsp3) is 0.462. The van der Waals surface area contributed by atoms with Gasteiger partial charge in [-0.15, -0.1) is 0 Å². The highest BCUT2D eigenvalue weighted by molar-refractivity contribution is 9.08. The van der Waals surface area contributed by atoms with Crippen LogP contribution in [0.2, 0.25) is 0 Å². The van der Waals surface area contributed by atoms with Crippen molar-refractivity contribution in [1.29, 1.82) is 0 Å². The van der Waals surface area contributed by atoms with Gasteiger partial charge in [0.15, 0.2) is 0 Å². The molecule has 0 bridgehead atoms. The Balaban J connectivity index is 2.07. The van der Waals surface area contributed by atoms with Gasteiger partial charge < -0.3 is 10.0 Å². The lowest BCUT2D eigenvalue weighted by Gasteiger charge is -2.30. The first kappa shape index (κ1) is 12.6. The fourth-order valence-electron chi connectivity index (χ4n) is 2.06. The summed E-state index contributed by atoms with van der Waals surface area (Å²) in [5, 5.41) is 10.4. The lowest BCUT2D eigenvalue weighted by atomic mass is 10.1. The maximum absolute atomic E-state index is 12.1. The number of halogens is 1. The smallest absolute Gasteiger partial charge is 0.253 e. The average Bonchev–Trinajstić information content (AvgIpc) is 2.38. The Labute approximate surface area is 110 Å². The Morgan fingerprint density at radius 1 is 1.41 bits per heavy atom. The van der Waals surface area contributed by atoms with Gasteiger partial charge in [0, 0.05) is 24.0 Å². The van der Waals surface area contributed by atoms with E-state index in [1.165, 1.54) is 0 Å². The van der Waals surface area contributed by atoms with Gasteiger partial charge in [-0.05, 0) is 30.5 Å². The van der Waals surface area contributed by atoms with Gasteiger partial charge in [-0.3, -0.25) is 4.79 Å². The number of rotatable bonds is 2.